The fourth-order valence-electron chi connectivity index (χ4n) is 5.01. The summed E-state index contributed by atoms with van der Waals surface area (Å²) in [6, 6.07) is 11.1. The van der Waals surface area contributed by atoms with Gasteiger partial charge in [-0.15, -0.1) is 0 Å². The molecule has 2 heterocycles. The van der Waals surface area contributed by atoms with Gasteiger partial charge in [-0.3, -0.25) is 9.59 Å². The molecule has 36 heavy (non-hydrogen) atoms. The number of ether oxygens (including phenoxy) is 1. The molecule has 1 atom stereocenters. The Bertz CT molecular complexity index is 1160. The maximum absolute atomic E-state index is 14.7. The lowest BCUT2D eigenvalue weighted by molar-refractivity contribution is 0.0420. The average molecular weight is 497 g/mol. The molecule has 0 spiro atoms. The number of nitrogens with zero attached hydrogens (tertiary/aromatic N) is 3. The van der Waals surface area contributed by atoms with Crippen LogP contribution < -0.4 is 10.2 Å². The van der Waals surface area contributed by atoms with E-state index in [-0.39, 0.29) is 43.3 Å². The lowest BCUT2D eigenvalue weighted by Gasteiger charge is -2.36. The fraction of sp³-hybridized carbons (Fsp3) is 0.423. The fourth-order valence-corrected chi connectivity index (χ4v) is 5.01. The second-order valence-electron chi connectivity index (χ2n) is 9.38. The molecular formula is C26H29FN4O5. The summed E-state index contributed by atoms with van der Waals surface area (Å²) in [7, 11) is 0. The number of fused-ring (bicyclic) bond motifs is 1. The number of benzene rings is 2. The van der Waals surface area contributed by atoms with E-state index in [9.17, 15) is 23.9 Å². The zero-order valence-corrected chi connectivity index (χ0v) is 19.9. The minimum absolute atomic E-state index is 0.0206. The highest BCUT2D eigenvalue weighted by Gasteiger charge is 2.31. The van der Waals surface area contributed by atoms with Crippen LogP contribution in [-0.2, 0) is 11.3 Å². The van der Waals surface area contributed by atoms with Crippen molar-refractivity contribution in [3.8, 4) is 0 Å². The smallest absolute Gasteiger partial charge is 0.410 e. The van der Waals surface area contributed by atoms with Crippen molar-refractivity contribution in [2.45, 2.75) is 44.7 Å². The molecule has 1 unspecified atom stereocenters. The first kappa shape index (κ1) is 24.1. The molecule has 0 bridgehead atoms. The van der Waals surface area contributed by atoms with Crippen LogP contribution in [0.25, 0.3) is 0 Å². The van der Waals surface area contributed by atoms with Crippen LogP contribution in [0, 0.1) is 5.82 Å². The Morgan fingerprint density at radius 1 is 1.03 bits per heavy atom. The molecule has 3 amide bonds. The van der Waals surface area contributed by atoms with E-state index in [1.807, 2.05) is 0 Å². The monoisotopic (exact) mass is 496 g/mol. The molecule has 1 aliphatic carbocycles. The first-order valence-corrected chi connectivity index (χ1v) is 12.3. The molecule has 0 radical (unpaired) electrons. The van der Waals surface area contributed by atoms with Gasteiger partial charge in [-0.25, -0.2) is 9.18 Å². The molecular weight excluding hydrogens is 467 g/mol. The molecule has 2 fully saturated rings. The van der Waals surface area contributed by atoms with Crippen LogP contribution in [0.5, 0.6) is 0 Å². The van der Waals surface area contributed by atoms with Crippen LogP contribution in [0.3, 0.4) is 0 Å². The second-order valence-corrected chi connectivity index (χ2v) is 9.38. The van der Waals surface area contributed by atoms with Crippen molar-refractivity contribution in [3.63, 3.8) is 0 Å². The van der Waals surface area contributed by atoms with Crippen molar-refractivity contribution >= 4 is 23.6 Å². The molecule has 10 heteroatoms. The van der Waals surface area contributed by atoms with Crippen molar-refractivity contribution in [2.75, 3.05) is 31.1 Å². The lowest BCUT2D eigenvalue weighted by Crippen LogP contribution is -2.52. The number of aliphatic hydroxyl groups is 1. The second kappa shape index (κ2) is 10.1. The van der Waals surface area contributed by atoms with E-state index in [0.29, 0.717) is 29.9 Å². The molecule has 1 saturated carbocycles. The van der Waals surface area contributed by atoms with Gasteiger partial charge in [-0.1, -0.05) is 18.2 Å². The Morgan fingerprint density at radius 2 is 1.72 bits per heavy atom. The van der Waals surface area contributed by atoms with Gasteiger partial charge in [0.2, 0.25) is 6.35 Å². The van der Waals surface area contributed by atoms with Gasteiger partial charge >= 0.3 is 6.09 Å². The summed E-state index contributed by atoms with van der Waals surface area (Å²) in [5.41, 5.74) is 1.50. The lowest BCUT2D eigenvalue weighted by atomic mass is 10.1. The molecule has 2 N–H and O–H groups in total. The predicted octanol–water partition coefficient (Wildman–Crippen LogP) is 2.69. The maximum atomic E-state index is 14.7. The third kappa shape index (κ3) is 4.86. The van der Waals surface area contributed by atoms with Gasteiger partial charge < -0.3 is 29.9 Å². The Labute approximate surface area is 208 Å². The molecule has 2 aromatic carbocycles. The minimum Gasteiger partial charge on any atom is -0.446 e. The molecule has 3 aliphatic rings. The Kier molecular flexibility index (Phi) is 6.77. The SMILES string of the molecule is O=C1NC(O)N(Cc2ccc(F)c(C(=O)N3CCN(C(=O)OC4CCCC4)CC3)c2)c2ccccc21. The van der Waals surface area contributed by atoms with Crippen LogP contribution in [0.4, 0.5) is 14.9 Å². The largest absolute Gasteiger partial charge is 0.446 e. The van der Waals surface area contributed by atoms with Crippen LogP contribution in [0.1, 0.15) is 52.0 Å². The number of rotatable bonds is 4. The number of para-hydroxylation sites is 1. The number of hydrogen-bond donors (Lipinski definition) is 2. The van der Waals surface area contributed by atoms with E-state index < -0.39 is 18.1 Å². The first-order valence-electron chi connectivity index (χ1n) is 12.3. The van der Waals surface area contributed by atoms with Gasteiger partial charge in [-0.2, -0.15) is 0 Å². The maximum Gasteiger partial charge on any atom is 0.410 e. The highest BCUT2D eigenvalue weighted by molar-refractivity contribution is 6.01. The van der Waals surface area contributed by atoms with Gasteiger partial charge in [0.1, 0.15) is 11.9 Å². The number of anilines is 1. The highest BCUT2D eigenvalue weighted by Crippen LogP contribution is 2.28. The van der Waals surface area contributed by atoms with Crippen molar-refractivity contribution < 1.29 is 28.6 Å². The Balaban J connectivity index is 1.25. The summed E-state index contributed by atoms with van der Waals surface area (Å²) in [4.78, 5) is 42.5. The van der Waals surface area contributed by atoms with Crippen LogP contribution in [-0.4, -0.2) is 71.4 Å². The number of amides is 3. The topological polar surface area (TPSA) is 102 Å². The summed E-state index contributed by atoms with van der Waals surface area (Å²) < 4.78 is 20.3. The standard InChI is InChI=1S/C26H29FN4O5/c27-21-10-9-17(16-31-22-8-4-3-7-19(22)23(32)28-25(31)34)15-20(21)24(33)29-11-13-30(14-12-29)26(35)36-18-5-1-2-6-18/h3-4,7-10,15,18,25,34H,1-2,5-6,11-14,16H2,(H,28,32). The van der Waals surface area contributed by atoms with Gasteiger partial charge in [0.05, 0.1) is 16.8 Å². The van der Waals surface area contributed by atoms with Crippen molar-refractivity contribution in [2.24, 2.45) is 0 Å². The Hall–Kier alpha value is -3.66. The molecule has 190 valence electrons. The van der Waals surface area contributed by atoms with E-state index in [1.165, 1.54) is 17.0 Å². The number of carbonyl (C=O) groups excluding carboxylic acids is 3. The van der Waals surface area contributed by atoms with Crippen molar-refractivity contribution in [3.05, 3.63) is 65.0 Å². The number of carbonyl (C=O) groups is 3. The minimum atomic E-state index is -1.26. The zero-order valence-electron chi connectivity index (χ0n) is 19.9. The average Bonchev–Trinajstić information content (AvgIpc) is 3.40. The van der Waals surface area contributed by atoms with E-state index in [1.54, 1.807) is 40.1 Å². The van der Waals surface area contributed by atoms with Crippen molar-refractivity contribution in [1.29, 1.82) is 0 Å². The number of halogens is 1. The molecule has 9 nitrogen and oxygen atoms in total. The third-order valence-electron chi connectivity index (χ3n) is 7.02. The summed E-state index contributed by atoms with van der Waals surface area (Å²) >= 11 is 0. The van der Waals surface area contributed by atoms with Crippen LogP contribution in [0.2, 0.25) is 0 Å². The van der Waals surface area contributed by atoms with E-state index in [4.69, 9.17) is 4.74 Å². The highest BCUT2D eigenvalue weighted by atomic mass is 19.1. The number of aliphatic hydroxyl groups excluding tert-OH is 1. The van der Waals surface area contributed by atoms with Gasteiger partial charge in [0.25, 0.3) is 11.8 Å². The van der Waals surface area contributed by atoms with Crippen molar-refractivity contribution in [1.82, 2.24) is 15.1 Å². The van der Waals surface area contributed by atoms with E-state index >= 15 is 0 Å². The predicted molar refractivity (Wildman–Crippen MR) is 129 cm³/mol. The summed E-state index contributed by atoms with van der Waals surface area (Å²) in [6.45, 7) is 1.38. The van der Waals surface area contributed by atoms with E-state index in [2.05, 4.69) is 5.32 Å². The summed E-state index contributed by atoms with van der Waals surface area (Å²) in [5.74, 6) is -1.47. The van der Waals surface area contributed by atoms with Crippen LogP contribution >= 0.6 is 0 Å². The molecule has 2 aromatic rings. The van der Waals surface area contributed by atoms with Gasteiger partial charge in [0, 0.05) is 32.7 Å². The normalized spacial score (nSPS) is 20.2. The molecule has 1 saturated heterocycles. The van der Waals surface area contributed by atoms with Gasteiger partial charge in [-0.05, 0) is 55.5 Å². The Morgan fingerprint density at radius 3 is 2.47 bits per heavy atom. The van der Waals surface area contributed by atoms with Crippen LogP contribution in [0.15, 0.2) is 42.5 Å². The molecule has 5 rings (SSSR count). The number of piperazine rings is 1. The summed E-state index contributed by atoms with van der Waals surface area (Å²) in [6.07, 6.45) is 2.31. The van der Waals surface area contributed by atoms with E-state index in [0.717, 1.165) is 25.7 Å². The molecule has 0 aromatic heterocycles. The first-order chi connectivity index (χ1) is 17.4. The third-order valence-corrected chi connectivity index (χ3v) is 7.02. The zero-order chi connectivity index (χ0) is 25.2. The number of nitrogens with one attached hydrogen (secondary N) is 1. The quantitative estimate of drug-likeness (QED) is 0.675. The summed E-state index contributed by atoms with van der Waals surface area (Å²) in [5, 5.41) is 12.9. The van der Waals surface area contributed by atoms with Gasteiger partial charge in [0.15, 0.2) is 0 Å². The number of hydrogen-bond acceptors (Lipinski definition) is 6. The molecule has 2 aliphatic heterocycles.